The Labute approximate surface area is 171 Å². The highest BCUT2D eigenvalue weighted by atomic mass is 35.5. The molecule has 5 nitrogen and oxygen atoms in total. The van der Waals surface area contributed by atoms with Crippen molar-refractivity contribution in [2.24, 2.45) is 5.92 Å². The van der Waals surface area contributed by atoms with E-state index >= 15 is 0 Å². The number of nitrogens with zero attached hydrogens (tertiary/aromatic N) is 1. The fourth-order valence-electron chi connectivity index (χ4n) is 3.86. The molecular weight excluding hydrogens is 374 g/mol. The van der Waals surface area contributed by atoms with Crippen LogP contribution >= 0.6 is 12.4 Å². The summed E-state index contributed by atoms with van der Waals surface area (Å²) in [5.41, 5.74) is 3.56. The summed E-state index contributed by atoms with van der Waals surface area (Å²) in [5, 5.41) is 6.32. The van der Waals surface area contributed by atoms with E-state index in [-0.39, 0.29) is 24.2 Å². The van der Waals surface area contributed by atoms with Crippen LogP contribution < -0.4 is 15.5 Å². The molecular formula is C22H26ClN3O2. The van der Waals surface area contributed by atoms with Crippen LogP contribution in [0.4, 0.5) is 11.4 Å². The smallest absolute Gasteiger partial charge is 0.255 e. The summed E-state index contributed by atoms with van der Waals surface area (Å²) in [6.45, 7) is 2.96. The van der Waals surface area contributed by atoms with Crippen molar-refractivity contribution in [3.8, 4) is 0 Å². The fourth-order valence-corrected chi connectivity index (χ4v) is 3.86. The zero-order valence-electron chi connectivity index (χ0n) is 15.8. The van der Waals surface area contributed by atoms with Crippen molar-refractivity contribution in [2.75, 3.05) is 29.9 Å². The molecule has 6 heteroatoms. The number of carbonyl (C=O) groups excluding carboxylic acids is 2. The van der Waals surface area contributed by atoms with Crippen molar-refractivity contribution in [1.29, 1.82) is 0 Å². The number of rotatable bonds is 5. The summed E-state index contributed by atoms with van der Waals surface area (Å²) in [4.78, 5) is 26.1. The van der Waals surface area contributed by atoms with Crippen LogP contribution in [0.5, 0.6) is 0 Å². The molecule has 0 spiro atoms. The topological polar surface area (TPSA) is 61.4 Å². The zero-order valence-corrected chi connectivity index (χ0v) is 16.6. The van der Waals surface area contributed by atoms with Gasteiger partial charge in [0.1, 0.15) is 0 Å². The van der Waals surface area contributed by atoms with Crippen LogP contribution in [0.25, 0.3) is 0 Å². The molecule has 28 heavy (non-hydrogen) atoms. The number of benzene rings is 2. The van der Waals surface area contributed by atoms with Gasteiger partial charge in [-0.1, -0.05) is 12.1 Å². The maximum absolute atomic E-state index is 12.5. The average molecular weight is 400 g/mol. The Morgan fingerprint density at radius 2 is 1.86 bits per heavy atom. The summed E-state index contributed by atoms with van der Waals surface area (Å²) in [6, 6.07) is 15.4. The van der Waals surface area contributed by atoms with Crippen LogP contribution in [0.3, 0.4) is 0 Å². The number of anilines is 2. The van der Waals surface area contributed by atoms with Gasteiger partial charge in [-0.25, -0.2) is 0 Å². The first-order valence-corrected chi connectivity index (χ1v) is 9.70. The van der Waals surface area contributed by atoms with Crippen LogP contribution in [-0.4, -0.2) is 31.4 Å². The van der Waals surface area contributed by atoms with Gasteiger partial charge in [-0.15, -0.1) is 12.4 Å². The molecule has 4 rings (SSSR count). The second-order valence-corrected chi connectivity index (χ2v) is 7.41. The second-order valence-electron chi connectivity index (χ2n) is 7.41. The second kappa shape index (κ2) is 9.22. The molecule has 0 bridgehead atoms. The molecule has 1 unspecified atom stereocenters. The molecule has 2 saturated heterocycles. The van der Waals surface area contributed by atoms with E-state index in [9.17, 15) is 9.59 Å². The number of nitrogens with one attached hydrogen (secondary N) is 2. The van der Waals surface area contributed by atoms with E-state index in [0.29, 0.717) is 17.9 Å². The third-order valence-electron chi connectivity index (χ3n) is 5.41. The van der Waals surface area contributed by atoms with Crippen molar-refractivity contribution in [3.63, 3.8) is 0 Å². The lowest BCUT2D eigenvalue weighted by atomic mass is 9.98. The Kier molecular flexibility index (Phi) is 6.70. The molecule has 2 aliphatic heterocycles. The lowest BCUT2D eigenvalue weighted by molar-refractivity contribution is -0.117. The third kappa shape index (κ3) is 4.72. The third-order valence-corrected chi connectivity index (χ3v) is 5.41. The molecule has 2 heterocycles. The van der Waals surface area contributed by atoms with Crippen LogP contribution in [0.1, 0.15) is 35.2 Å². The van der Waals surface area contributed by atoms with Gasteiger partial charge in [0.25, 0.3) is 5.91 Å². The van der Waals surface area contributed by atoms with E-state index in [2.05, 4.69) is 22.8 Å². The first-order valence-electron chi connectivity index (χ1n) is 9.70. The Morgan fingerprint density at radius 1 is 1.11 bits per heavy atom. The molecule has 2 aromatic rings. The van der Waals surface area contributed by atoms with Gasteiger partial charge in [0.05, 0.1) is 0 Å². The monoisotopic (exact) mass is 399 g/mol. The minimum Gasteiger partial charge on any atom is -0.322 e. The first kappa shape index (κ1) is 20.4. The summed E-state index contributed by atoms with van der Waals surface area (Å²) in [7, 11) is 0. The maximum Gasteiger partial charge on any atom is 0.255 e. The van der Waals surface area contributed by atoms with Crippen LogP contribution in [-0.2, 0) is 11.2 Å². The highest BCUT2D eigenvalue weighted by molar-refractivity contribution is 6.04. The van der Waals surface area contributed by atoms with Crippen molar-refractivity contribution in [2.45, 2.75) is 25.7 Å². The molecule has 2 aliphatic rings. The van der Waals surface area contributed by atoms with Crippen molar-refractivity contribution < 1.29 is 9.59 Å². The Morgan fingerprint density at radius 3 is 2.46 bits per heavy atom. The van der Waals surface area contributed by atoms with Crippen molar-refractivity contribution in [3.05, 3.63) is 59.7 Å². The normalized spacial score (nSPS) is 18.8. The zero-order chi connectivity index (χ0) is 18.6. The largest absolute Gasteiger partial charge is 0.322 e. The summed E-state index contributed by atoms with van der Waals surface area (Å²) in [6.07, 6.45) is 3.81. The molecule has 0 aliphatic carbocycles. The van der Waals surface area contributed by atoms with Gasteiger partial charge in [0.2, 0.25) is 5.91 Å². The lowest BCUT2D eigenvalue weighted by Gasteiger charge is -2.16. The van der Waals surface area contributed by atoms with Gasteiger partial charge in [-0.05, 0) is 80.2 Å². The predicted molar refractivity (Wildman–Crippen MR) is 114 cm³/mol. The van der Waals surface area contributed by atoms with Gasteiger partial charge >= 0.3 is 0 Å². The molecule has 2 fully saturated rings. The fraction of sp³-hybridized carbons (Fsp3) is 0.364. The SMILES string of the molecule is Cl.O=C(Nc1ccc(N2CCCC2=O)cc1)c1ccc(CC2CCNC2)cc1. The van der Waals surface area contributed by atoms with Gasteiger partial charge in [0.15, 0.2) is 0 Å². The number of amides is 2. The summed E-state index contributed by atoms with van der Waals surface area (Å²) < 4.78 is 0. The van der Waals surface area contributed by atoms with Gasteiger partial charge in [0, 0.05) is 29.9 Å². The van der Waals surface area contributed by atoms with E-state index in [4.69, 9.17) is 0 Å². The highest BCUT2D eigenvalue weighted by Crippen LogP contribution is 2.23. The van der Waals surface area contributed by atoms with Crippen LogP contribution in [0.2, 0.25) is 0 Å². The highest BCUT2D eigenvalue weighted by Gasteiger charge is 2.21. The van der Waals surface area contributed by atoms with Gasteiger partial charge in [-0.2, -0.15) is 0 Å². The quantitative estimate of drug-likeness (QED) is 0.806. The van der Waals surface area contributed by atoms with E-state index in [0.717, 1.165) is 43.9 Å². The Bertz CT molecular complexity index is 815. The molecule has 0 saturated carbocycles. The average Bonchev–Trinajstić information content (AvgIpc) is 3.35. The first-order chi connectivity index (χ1) is 13.2. The number of halogens is 1. The molecule has 0 radical (unpaired) electrons. The van der Waals surface area contributed by atoms with Crippen LogP contribution in [0, 0.1) is 5.92 Å². The van der Waals surface area contributed by atoms with E-state index < -0.39 is 0 Å². The number of carbonyl (C=O) groups is 2. The standard InChI is InChI=1S/C22H25N3O2.ClH/c26-21-2-1-13-25(21)20-9-7-19(8-10-20)24-22(27)18-5-3-16(4-6-18)14-17-11-12-23-15-17;/h3-10,17,23H,1-2,11-15H2,(H,24,27);1H. The van der Waals surface area contributed by atoms with E-state index in [1.54, 1.807) is 4.90 Å². The lowest BCUT2D eigenvalue weighted by Crippen LogP contribution is -2.23. The minimum atomic E-state index is -0.117. The minimum absolute atomic E-state index is 0. The molecule has 2 N–H and O–H groups in total. The van der Waals surface area contributed by atoms with E-state index in [1.165, 1.54) is 12.0 Å². The van der Waals surface area contributed by atoms with Crippen molar-refractivity contribution in [1.82, 2.24) is 5.32 Å². The predicted octanol–water partition coefficient (Wildman–Crippen LogP) is 3.64. The Balaban J connectivity index is 0.00000225. The summed E-state index contributed by atoms with van der Waals surface area (Å²) in [5.74, 6) is 0.750. The molecule has 1 atom stereocenters. The van der Waals surface area contributed by atoms with Gasteiger partial charge < -0.3 is 15.5 Å². The molecule has 2 aromatic carbocycles. The molecule has 148 valence electrons. The molecule has 0 aromatic heterocycles. The number of hydrogen-bond acceptors (Lipinski definition) is 3. The van der Waals surface area contributed by atoms with E-state index in [1.807, 2.05) is 36.4 Å². The van der Waals surface area contributed by atoms with Crippen molar-refractivity contribution >= 4 is 35.6 Å². The number of hydrogen-bond donors (Lipinski definition) is 2. The maximum atomic E-state index is 12.5. The van der Waals surface area contributed by atoms with Gasteiger partial charge in [-0.3, -0.25) is 9.59 Å². The Hall–Kier alpha value is -2.37. The van der Waals surface area contributed by atoms with Crippen LogP contribution in [0.15, 0.2) is 48.5 Å². The molecule has 2 amide bonds. The summed E-state index contributed by atoms with van der Waals surface area (Å²) >= 11 is 0.